The van der Waals surface area contributed by atoms with Crippen molar-refractivity contribution in [2.75, 3.05) is 6.61 Å². The van der Waals surface area contributed by atoms with E-state index in [0.717, 1.165) is 6.07 Å². The summed E-state index contributed by atoms with van der Waals surface area (Å²) in [5, 5.41) is 11.5. The van der Waals surface area contributed by atoms with Crippen LogP contribution in [0.2, 0.25) is 5.02 Å². The monoisotopic (exact) mass is 245 g/mol. The van der Waals surface area contributed by atoms with E-state index in [9.17, 15) is 9.18 Å². The van der Waals surface area contributed by atoms with Gasteiger partial charge in [-0.15, -0.1) is 0 Å². The minimum atomic E-state index is -0.817. The Morgan fingerprint density at radius 1 is 1.56 bits per heavy atom. The topological polar surface area (TPSA) is 49.3 Å². The van der Waals surface area contributed by atoms with Gasteiger partial charge in [0.25, 0.3) is 5.91 Å². The summed E-state index contributed by atoms with van der Waals surface area (Å²) in [6, 6.07) is 4.02. The van der Waals surface area contributed by atoms with Crippen LogP contribution in [-0.2, 0) is 0 Å². The molecule has 1 aromatic rings. The van der Waals surface area contributed by atoms with E-state index in [2.05, 4.69) is 5.32 Å². The maximum Gasteiger partial charge on any atom is 0.256 e. The minimum Gasteiger partial charge on any atom is -0.394 e. The van der Waals surface area contributed by atoms with Crippen LogP contribution in [0.3, 0.4) is 0 Å². The second-order valence-electron chi connectivity index (χ2n) is 4.09. The number of halogens is 2. The van der Waals surface area contributed by atoms with Gasteiger partial charge in [0, 0.05) is 0 Å². The Labute approximate surface area is 98.2 Å². The lowest BCUT2D eigenvalue weighted by Crippen LogP contribution is -2.46. The molecule has 1 aromatic carbocycles. The van der Waals surface area contributed by atoms with Crippen molar-refractivity contribution in [2.45, 2.75) is 19.4 Å². The van der Waals surface area contributed by atoms with Crippen LogP contribution >= 0.6 is 11.6 Å². The maximum absolute atomic E-state index is 13.4. The van der Waals surface area contributed by atoms with Crippen molar-refractivity contribution >= 4 is 17.5 Å². The molecule has 0 heterocycles. The van der Waals surface area contributed by atoms with Crippen LogP contribution < -0.4 is 5.32 Å². The van der Waals surface area contributed by atoms with Crippen LogP contribution in [0.15, 0.2) is 18.2 Å². The van der Waals surface area contributed by atoms with E-state index in [1.165, 1.54) is 12.1 Å². The van der Waals surface area contributed by atoms with E-state index < -0.39 is 17.3 Å². The Morgan fingerprint density at radius 2 is 2.19 bits per heavy atom. The molecule has 0 unspecified atom stereocenters. The summed E-state index contributed by atoms with van der Waals surface area (Å²) in [6.07, 6.45) is 0. The molecule has 0 bridgehead atoms. The number of nitrogens with one attached hydrogen (secondary N) is 1. The Kier molecular flexibility index (Phi) is 3.88. The number of rotatable bonds is 3. The van der Waals surface area contributed by atoms with Crippen molar-refractivity contribution in [3.05, 3.63) is 34.6 Å². The van der Waals surface area contributed by atoms with E-state index in [0.29, 0.717) is 0 Å². The van der Waals surface area contributed by atoms with Crippen LogP contribution in [0.4, 0.5) is 4.39 Å². The minimum absolute atomic E-state index is 0.0474. The first kappa shape index (κ1) is 12.9. The van der Waals surface area contributed by atoms with Gasteiger partial charge in [0.05, 0.1) is 22.7 Å². The lowest BCUT2D eigenvalue weighted by Gasteiger charge is -2.23. The van der Waals surface area contributed by atoms with Crippen LogP contribution in [0.25, 0.3) is 0 Å². The largest absolute Gasteiger partial charge is 0.394 e. The molecule has 0 aliphatic heterocycles. The summed E-state index contributed by atoms with van der Waals surface area (Å²) >= 11 is 5.73. The number of aliphatic hydroxyl groups is 1. The fraction of sp³-hybridized carbons (Fsp3) is 0.364. The van der Waals surface area contributed by atoms with Crippen molar-refractivity contribution < 1.29 is 14.3 Å². The van der Waals surface area contributed by atoms with Gasteiger partial charge >= 0.3 is 0 Å². The van der Waals surface area contributed by atoms with E-state index in [4.69, 9.17) is 16.7 Å². The molecule has 0 spiro atoms. The summed E-state index contributed by atoms with van der Waals surface area (Å²) < 4.78 is 13.4. The molecule has 0 fully saturated rings. The van der Waals surface area contributed by atoms with Crippen LogP contribution in [0, 0.1) is 5.82 Å². The van der Waals surface area contributed by atoms with Crippen molar-refractivity contribution in [2.24, 2.45) is 0 Å². The van der Waals surface area contributed by atoms with Crippen LogP contribution in [0.1, 0.15) is 24.2 Å². The standard InChI is InChI=1S/C11H13ClFNO2/c1-11(2,6-15)14-10(16)9-7(12)4-3-5-8(9)13/h3-5,15H,6H2,1-2H3,(H,14,16). The summed E-state index contributed by atoms with van der Waals surface area (Å²) in [5.74, 6) is -1.32. The Morgan fingerprint density at radius 3 is 2.69 bits per heavy atom. The number of hydrogen-bond donors (Lipinski definition) is 2. The third kappa shape index (κ3) is 2.93. The quantitative estimate of drug-likeness (QED) is 0.856. The van der Waals surface area contributed by atoms with E-state index in [-0.39, 0.29) is 17.2 Å². The highest BCUT2D eigenvalue weighted by molar-refractivity contribution is 6.33. The molecule has 0 aliphatic rings. The smallest absolute Gasteiger partial charge is 0.256 e. The van der Waals surface area contributed by atoms with Crippen LogP contribution in [-0.4, -0.2) is 23.2 Å². The zero-order chi connectivity index (χ0) is 12.3. The molecule has 2 N–H and O–H groups in total. The molecule has 3 nitrogen and oxygen atoms in total. The number of benzene rings is 1. The molecule has 0 saturated heterocycles. The molecule has 1 rings (SSSR count). The molecular formula is C11H13ClFNO2. The first-order valence-corrected chi connectivity index (χ1v) is 5.12. The third-order valence-electron chi connectivity index (χ3n) is 2.04. The average Bonchev–Trinajstić information content (AvgIpc) is 2.16. The highest BCUT2D eigenvalue weighted by Crippen LogP contribution is 2.19. The van der Waals surface area contributed by atoms with Gasteiger partial charge in [-0.3, -0.25) is 4.79 Å². The van der Waals surface area contributed by atoms with Crippen molar-refractivity contribution in [3.8, 4) is 0 Å². The van der Waals surface area contributed by atoms with E-state index >= 15 is 0 Å². The van der Waals surface area contributed by atoms with Gasteiger partial charge in [-0.1, -0.05) is 17.7 Å². The maximum atomic E-state index is 13.4. The predicted octanol–water partition coefficient (Wildman–Crippen LogP) is 1.98. The zero-order valence-electron chi connectivity index (χ0n) is 9.05. The van der Waals surface area contributed by atoms with E-state index in [1.807, 2.05) is 0 Å². The second kappa shape index (κ2) is 4.80. The Hall–Kier alpha value is -1.13. The third-order valence-corrected chi connectivity index (χ3v) is 2.35. The zero-order valence-corrected chi connectivity index (χ0v) is 9.81. The summed E-state index contributed by atoms with van der Waals surface area (Å²) in [4.78, 5) is 11.7. The lowest BCUT2D eigenvalue weighted by molar-refractivity contribution is 0.0865. The predicted molar refractivity (Wildman–Crippen MR) is 60.0 cm³/mol. The number of hydrogen-bond acceptors (Lipinski definition) is 2. The number of carbonyl (C=O) groups excluding carboxylic acids is 1. The number of carbonyl (C=O) groups is 1. The van der Waals surface area contributed by atoms with Crippen molar-refractivity contribution in [1.82, 2.24) is 5.32 Å². The Balaban J connectivity index is 2.98. The number of amides is 1. The van der Waals surface area contributed by atoms with Gasteiger partial charge in [0.15, 0.2) is 0 Å². The first-order chi connectivity index (χ1) is 7.37. The summed E-state index contributed by atoms with van der Waals surface area (Å²) in [7, 11) is 0. The summed E-state index contributed by atoms with van der Waals surface area (Å²) in [5.41, 5.74) is -1.02. The molecule has 88 valence electrons. The van der Waals surface area contributed by atoms with Gasteiger partial charge in [-0.25, -0.2) is 4.39 Å². The highest BCUT2D eigenvalue weighted by Gasteiger charge is 2.23. The fourth-order valence-electron chi connectivity index (χ4n) is 1.12. The second-order valence-corrected chi connectivity index (χ2v) is 4.50. The van der Waals surface area contributed by atoms with Gasteiger partial charge in [0.1, 0.15) is 5.82 Å². The van der Waals surface area contributed by atoms with Crippen molar-refractivity contribution in [1.29, 1.82) is 0 Å². The molecule has 0 saturated carbocycles. The normalized spacial score (nSPS) is 11.3. The molecule has 5 heteroatoms. The first-order valence-electron chi connectivity index (χ1n) is 4.75. The molecule has 1 amide bonds. The molecule has 0 atom stereocenters. The SMILES string of the molecule is CC(C)(CO)NC(=O)c1c(F)cccc1Cl. The Bertz CT molecular complexity index is 387. The van der Waals surface area contributed by atoms with E-state index in [1.54, 1.807) is 13.8 Å². The molecule has 0 aliphatic carbocycles. The van der Waals surface area contributed by atoms with Crippen LogP contribution in [0.5, 0.6) is 0 Å². The molecule has 0 radical (unpaired) electrons. The molecule has 16 heavy (non-hydrogen) atoms. The van der Waals surface area contributed by atoms with Gasteiger partial charge in [-0.05, 0) is 26.0 Å². The van der Waals surface area contributed by atoms with Gasteiger partial charge < -0.3 is 10.4 Å². The fourth-order valence-corrected chi connectivity index (χ4v) is 1.37. The molecule has 0 aromatic heterocycles. The summed E-state index contributed by atoms with van der Waals surface area (Å²) in [6.45, 7) is 3.00. The highest BCUT2D eigenvalue weighted by atomic mass is 35.5. The van der Waals surface area contributed by atoms with Crippen molar-refractivity contribution in [3.63, 3.8) is 0 Å². The van der Waals surface area contributed by atoms with Gasteiger partial charge in [-0.2, -0.15) is 0 Å². The van der Waals surface area contributed by atoms with Gasteiger partial charge in [0.2, 0.25) is 0 Å². The lowest BCUT2D eigenvalue weighted by atomic mass is 10.1. The number of aliphatic hydroxyl groups excluding tert-OH is 1. The average molecular weight is 246 g/mol. The molecular weight excluding hydrogens is 233 g/mol.